The lowest BCUT2D eigenvalue weighted by Crippen LogP contribution is -2.32. The predicted molar refractivity (Wildman–Crippen MR) is 75.1 cm³/mol. The van der Waals surface area contributed by atoms with Crippen molar-refractivity contribution in [3.8, 4) is 0 Å². The molecule has 0 saturated carbocycles. The Morgan fingerprint density at radius 2 is 1.41 bits per heavy atom. The molecule has 2 nitrogen and oxygen atoms in total. The van der Waals surface area contributed by atoms with Crippen LogP contribution in [0.1, 0.15) is 78.6 Å². The molecule has 102 valence electrons. The maximum Gasteiger partial charge on any atom is 0.139 e. The molecule has 0 fully saturated rings. The van der Waals surface area contributed by atoms with E-state index >= 15 is 0 Å². The van der Waals surface area contributed by atoms with Crippen LogP contribution in [0.25, 0.3) is 0 Å². The number of rotatable bonds is 11. The summed E-state index contributed by atoms with van der Waals surface area (Å²) in [5, 5.41) is 0. The van der Waals surface area contributed by atoms with Gasteiger partial charge in [-0.2, -0.15) is 0 Å². The standard InChI is InChI=1S/C15H31NO/c1-4-5-6-7-8-9-10-11-12-14(17)15(2,3)13-16/h4-13,16H2,1-3H3. The fraction of sp³-hybridized carbons (Fsp3) is 0.933. The molecule has 0 heterocycles. The number of hydrogen-bond acceptors (Lipinski definition) is 2. The van der Waals surface area contributed by atoms with E-state index in [2.05, 4.69) is 6.92 Å². The van der Waals surface area contributed by atoms with Crippen molar-refractivity contribution in [2.24, 2.45) is 11.1 Å². The number of hydrogen-bond donors (Lipinski definition) is 1. The lowest BCUT2D eigenvalue weighted by molar-refractivity contribution is -0.126. The van der Waals surface area contributed by atoms with Gasteiger partial charge in [0.2, 0.25) is 0 Å². The van der Waals surface area contributed by atoms with Crippen LogP contribution in [-0.2, 0) is 4.79 Å². The minimum atomic E-state index is -0.318. The summed E-state index contributed by atoms with van der Waals surface area (Å²) in [5.41, 5.74) is 5.27. The topological polar surface area (TPSA) is 43.1 Å². The highest BCUT2D eigenvalue weighted by Crippen LogP contribution is 2.19. The fourth-order valence-corrected chi connectivity index (χ4v) is 1.87. The summed E-state index contributed by atoms with van der Waals surface area (Å²) in [6, 6.07) is 0. The van der Waals surface area contributed by atoms with Crippen LogP contribution in [-0.4, -0.2) is 12.3 Å². The molecule has 0 spiro atoms. The van der Waals surface area contributed by atoms with Crippen molar-refractivity contribution < 1.29 is 4.79 Å². The molecule has 0 amide bonds. The number of Topliss-reactive ketones (excluding diaryl/α,β-unsaturated/α-hetero) is 1. The number of carbonyl (C=O) groups is 1. The van der Waals surface area contributed by atoms with Gasteiger partial charge in [-0.15, -0.1) is 0 Å². The van der Waals surface area contributed by atoms with Crippen LogP contribution in [0.2, 0.25) is 0 Å². The molecule has 0 aromatic rings. The normalized spacial score (nSPS) is 11.8. The number of ketones is 1. The van der Waals surface area contributed by atoms with Crippen molar-refractivity contribution >= 4 is 5.78 Å². The van der Waals surface area contributed by atoms with Crippen molar-refractivity contribution in [3.63, 3.8) is 0 Å². The van der Waals surface area contributed by atoms with Crippen molar-refractivity contribution in [1.29, 1.82) is 0 Å². The van der Waals surface area contributed by atoms with Gasteiger partial charge in [0.05, 0.1) is 0 Å². The number of unbranched alkanes of at least 4 members (excludes halogenated alkanes) is 7. The summed E-state index contributed by atoms with van der Waals surface area (Å²) in [4.78, 5) is 11.8. The fourth-order valence-electron chi connectivity index (χ4n) is 1.87. The molecule has 0 rings (SSSR count). The van der Waals surface area contributed by atoms with Gasteiger partial charge in [-0.25, -0.2) is 0 Å². The first-order chi connectivity index (χ1) is 8.04. The summed E-state index contributed by atoms with van der Waals surface area (Å²) in [6.07, 6.45) is 10.9. The minimum Gasteiger partial charge on any atom is -0.329 e. The second kappa shape index (κ2) is 9.64. The smallest absolute Gasteiger partial charge is 0.139 e. The van der Waals surface area contributed by atoms with Gasteiger partial charge >= 0.3 is 0 Å². The zero-order valence-electron chi connectivity index (χ0n) is 12.1. The van der Waals surface area contributed by atoms with Crippen LogP contribution in [0.5, 0.6) is 0 Å². The van der Waals surface area contributed by atoms with Gasteiger partial charge in [0.25, 0.3) is 0 Å². The summed E-state index contributed by atoms with van der Waals surface area (Å²) >= 11 is 0. The van der Waals surface area contributed by atoms with E-state index < -0.39 is 0 Å². The first kappa shape index (κ1) is 16.6. The van der Waals surface area contributed by atoms with Crippen LogP contribution in [0.4, 0.5) is 0 Å². The van der Waals surface area contributed by atoms with Gasteiger partial charge in [0, 0.05) is 18.4 Å². The molecule has 0 aliphatic heterocycles. The first-order valence-corrected chi connectivity index (χ1v) is 7.28. The molecule has 0 aromatic carbocycles. The summed E-state index contributed by atoms with van der Waals surface area (Å²) in [6.45, 7) is 6.59. The molecule has 2 N–H and O–H groups in total. The Labute approximate surface area is 107 Å². The molecule has 0 unspecified atom stereocenters. The van der Waals surface area contributed by atoms with Crippen LogP contribution in [0, 0.1) is 5.41 Å². The molecule has 0 saturated heterocycles. The highest BCUT2D eigenvalue weighted by molar-refractivity contribution is 5.84. The third kappa shape index (κ3) is 8.37. The second-order valence-electron chi connectivity index (χ2n) is 5.74. The number of nitrogens with two attached hydrogens (primary N) is 1. The van der Waals surface area contributed by atoms with E-state index in [9.17, 15) is 4.79 Å². The Morgan fingerprint density at radius 3 is 1.88 bits per heavy atom. The van der Waals surface area contributed by atoms with E-state index in [1.807, 2.05) is 13.8 Å². The lowest BCUT2D eigenvalue weighted by atomic mass is 9.85. The van der Waals surface area contributed by atoms with Crippen LogP contribution in [0.15, 0.2) is 0 Å². The third-order valence-corrected chi connectivity index (χ3v) is 3.52. The summed E-state index contributed by atoms with van der Waals surface area (Å²) in [7, 11) is 0. The van der Waals surface area contributed by atoms with Crippen molar-refractivity contribution in [3.05, 3.63) is 0 Å². The van der Waals surface area contributed by atoms with Crippen LogP contribution >= 0.6 is 0 Å². The van der Waals surface area contributed by atoms with Gasteiger partial charge in [0.15, 0.2) is 0 Å². The zero-order valence-corrected chi connectivity index (χ0v) is 12.1. The predicted octanol–water partition coefficient (Wildman–Crippen LogP) is 4.07. The molecule has 0 aliphatic carbocycles. The lowest BCUT2D eigenvalue weighted by Gasteiger charge is -2.20. The van der Waals surface area contributed by atoms with Crippen molar-refractivity contribution in [1.82, 2.24) is 0 Å². The molecule has 0 aliphatic rings. The second-order valence-corrected chi connectivity index (χ2v) is 5.74. The Balaban J connectivity index is 3.37. The van der Waals surface area contributed by atoms with Crippen LogP contribution in [0.3, 0.4) is 0 Å². The Hall–Kier alpha value is -0.370. The third-order valence-electron chi connectivity index (χ3n) is 3.52. The van der Waals surface area contributed by atoms with Crippen LogP contribution < -0.4 is 5.73 Å². The zero-order chi connectivity index (χ0) is 13.1. The van der Waals surface area contributed by atoms with E-state index in [4.69, 9.17) is 5.73 Å². The van der Waals surface area contributed by atoms with Crippen molar-refractivity contribution in [2.45, 2.75) is 78.6 Å². The van der Waals surface area contributed by atoms with E-state index in [0.29, 0.717) is 18.7 Å². The molecule has 2 heteroatoms. The molecule has 17 heavy (non-hydrogen) atoms. The van der Waals surface area contributed by atoms with Gasteiger partial charge in [0.1, 0.15) is 5.78 Å². The molecule has 0 bridgehead atoms. The quantitative estimate of drug-likeness (QED) is 0.554. The van der Waals surface area contributed by atoms with E-state index in [1.54, 1.807) is 0 Å². The maximum absolute atomic E-state index is 11.8. The SMILES string of the molecule is CCCCCCCCCCC(=O)C(C)(C)CN. The van der Waals surface area contributed by atoms with Gasteiger partial charge in [-0.1, -0.05) is 65.7 Å². The molecule has 0 atom stereocenters. The average Bonchev–Trinajstić information content (AvgIpc) is 2.32. The summed E-state index contributed by atoms with van der Waals surface area (Å²) in [5.74, 6) is 0.325. The highest BCUT2D eigenvalue weighted by atomic mass is 16.1. The van der Waals surface area contributed by atoms with E-state index in [-0.39, 0.29) is 5.41 Å². The van der Waals surface area contributed by atoms with Gasteiger partial charge < -0.3 is 5.73 Å². The Kier molecular flexibility index (Phi) is 9.43. The van der Waals surface area contributed by atoms with Gasteiger partial charge in [-0.05, 0) is 6.42 Å². The maximum atomic E-state index is 11.8. The minimum absolute atomic E-state index is 0.318. The van der Waals surface area contributed by atoms with Gasteiger partial charge in [-0.3, -0.25) is 4.79 Å². The Bertz CT molecular complexity index is 199. The monoisotopic (exact) mass is 241 g/mol. The van der Waals surface area contributed by atoms with E-state index in [1.165, 1.54) is 44.9 Å². The average molecular weight is 241 g/mol. The molecule has 0 radical (unpaired) electrons. The summed E-state index contributed by atoms with van der Waals surface area (Å²) < 4.78 is 0. The molecular formula is C15H31NO. The van der Waals surface area contributed by atoms with Crippen molar-refractivity contribution in [2.75, 3.05) is 6.54 Å². The Morgan fingerprint density at radius 1 is 0.941 bits per heavy atom. The highest BCUT2D eigenvalue weighted by Gasteiger charge is 2.24. The molecular weight excluding hydrogens is 210 g/mol. The molecule has 0 aromatic heterocycles. The largest absolute Gasteiger partial charge is 0.329 e. The number of carbonyl (C=O) groups excluding carboxylic acids is 1. The first-order valence-electron chi connectivity index (χ1n) is 7.28. The van der Waals surface area contributed by atoms with E-state index in [0.717, 1.165) is 6.42 Å².